The van der Waals surface area contributed by atoms with Gasteiger partial charge in [0.25, 0.3) is 0 Å². The first-order valence-electron chi connectivity index (χ1n) is 7.19. The van der Waals surface area contributed by atoms with Gasteiger partial charge in [0, 0.05) is 24.3 Å². The minimum absolute atomic E-state index is 0.242. The summed E-state index contributed by atoms with van der Waals surface area (Å²) in [5.74, 6) is 0.733. The molecule has 100 valence electrons. The molecule has 2 unspecified atom stereocenters. The minimum Gasteiger partial charge on any atom is -0.368 e. The van der Waals surface area contributed by atoms with E-state index in [1.165, 1.54) is 30.6 Å². The van der Waals surface area contributed by atoms with Crippen LogP contribution < -0.4 is 10.6 Å². The van der Waals surface area contributed by atoms with E-state index in [-0.39, 0.29) is 6.04 Å². The number of hydrogen-bond donors (Lipinski definition) is 1. The number of rotatable bonds is 4. The van der Waals surface area contributed by atoms with Crippen molar-refractivity contribution in [1.29, 1.82) is 0 Å². The Kier molecular flexibility index (Phi) is 4.28. The summed E-state index contributed by atoms with van der Waals surface area (Å²) in [5, 5.41) is 0. The van der Waals surface area contributed by atoms with E-state index in [2.05, 4.69) is 49.9 Å². The molecule has 0 amide bonds. The summed E-state index contributed by atoms with van der Waals surface area (Å²) in [7, 11) is 0. The van der Waals surface area contributed by atoms with Crippen LogP contribution in [0.3, 0.4) is 0 Å². The lowest BCUT2D eigenvalue weighted by Crippen LogP contribution is -2.33. The van der Waals surface area contributed by atoms with E-state index in [4.69, 9.17) is 5.73 Å². The van der Waals surface area contributed by atoms with E-state index >= 15 is 0 Å². The molecule has 0 aliphatic carbocycles. The summed E-state index contributed by atoms with van der Waals surface area (Å²) in [5.41, 5.74) is 8.55. The molecule has 0 aromatic heterocycles. The van der Waals surface area contributed by atoms with Crippen LogP contribution in [0, 0.1) is 5.92 Å². The molecule has 2 heteroatoms. The molecule has 2 N–H and O–H groups in total. The third kappa shape index (κ3) is 3.05. The van der Waals surface area contributed by atoms with Crippen molar-refractivity contribution in [3.8, 4) is 0 Å². The number of hydrogen-bond acceptors (Lipinski definition) is 2. The summed E-state index contributed by atoms with van der Waals surface area (Å²) in [4.78, 5) is 2.57. The maximum atomic E-state index is 5.84. The Hall–Kier alpha value is -1.02. The smallest absolute Gasteiger partial charge is 0.0368 e. The summed E-state index contributed by atoms with van der Waals surface area (Å²) < 4.78 is 0. The second-order valence-corrected chi connectivity index (χ2v) is 5.99. The molecule has 2 atom stereocenters. The van der Waals surface area contributed by atoms with Crippen LogP contribution in [0.15, 0.2) is 24.3 Å². The van der Waals surface area contributed by atoms with Gasteiger partial charge in [0.1, 0.15) is 0 Å². The zero-order valence-electron chi connectivity index (χ0n) is 11.9. The molecular formula is C16H26N2. The van der Waals surface area contributed by atoms with Crippen LogP contribution in [0.5, 0.6) is 0 Å². The number of anilines is 1. The number of benzene rings is 1. The van der Waals surface area contributed by atoms with Crippen LogP contribution in [0.1, 0.15) is 39.2 Å². The fraction of sp³-hybridized carbons (Fsp3) is 0.625. The molecule has 0 saturated carbocycles. The van der Waals surface area contributed by atoms with Crippen LogP contribution in [-0.2, 0) is 6.42 Å². The zero-order valence-corrected chi connectivity index (χ0v) is 11.9. The molecule has 2 rings (SSSR count). The Morgan fingerprint density at radius 1 is 1.22 bits per heavy atom. The van der Waals surface area contributed by atoms with Gasteiger partial charge < -0.3 is 10.6 Å². The highest BCUT2D eigenvalue weighted by Crippen LogP contribution is 2.29. The van der Waals surface area contributed by atoms with E-state index in [1.54, 1.807) is 0 Å². The van der Waals surface area contributed by atoms with Crippen molar-refractivity contribution in [3.05, 3.63) is 29.8 Å². The molecule has 0 spiro atoms. The van der Waals surface area contributed by atoms with Gasteiger partial charge in [0.15, 0.2) is 0 Å². The highest BCUT2D eigenvalue weighted by Gasteiger charge is 2.26. The first-order chi connectivity index (χ1) is 8.58. The third-order valence-corrected chi connectivity index (χ3v) is 3.89. The molecule has 18 heavy (non-hydrogen) atoms. The monoisotopic (exact) mass is 246 g/mol. The third-order valence-electron chi connectivity index (χ3n) is 3.89. The summed E-state index contributed by atoms with van der Waals surface area (Å²) in [6.45, 7) is 7.92. The Balaban J connectivity index is 2.09. The van der Waals surface area contributed by atoms with E-state index in [9.17, 15) is 0 Å². The van der Waals surface area contributed by atoms with Crippen molar-refractivity contribution < 1.29 is 0 Å². The van der Waals surface area contributed by atoms with Gasteiger partial charge in [-0.05, 0) is 49.8 Å². The lowest BCUT2D eigenvalue weighted by atomic mass is 10.0. The average Bonchev–Trinajstić information content (AvgIpc) is 2.78. The zero-order chi connectivity index (χ0) is 13.1. The maximum absolute atomic E-state index is 5.84. The molecule has 1 fully saturated rings. The lowest BCUT2D eigenvalue weighted by Gasteiger charge is -2.29. The number of nitrogens with zero attached hydrogens (tertiary/aromatic N) is 1. The predicted molar refractivity (Wildman–Crippen MR) is 79.0 cm³/mol. The summed E-state index contributed by atoms with van der Waals surface area (Å²) in [6, 6.07) is 9.94. The van der Waals surface area contributed by atoms with Crippen LogP contribution in [-0.4, -0.2) is 18.6 Å². The second-order valence-electron chi connectivity index (χ2n) is 5.99. The van der Waals surface area contributed by atoms with Crippen molar-refractivity contribution >= 4 is 5.69 Å². The topological polar surface area (TPSA) is 29.3 Å². The molecule has 1 aromatic rings. The molecule has 1 heterocycles. The van der Waals surface area contributed by atoms with Crippen molar-refractivity contribution in [2.24, 2.45) is 11.7 Å². The largest absolute Gasteiger partial charge is 0.368 e. The molecule has 0 bridgehead atoms. The molecule has 0 radical (unpaired) electrons. The van der Waals surface area contributed by atoms with Gasteiger partial charge in [0.05, 0.1) is 0 Å². The standard InChI is InChI=1S/C16H26N2/c1-12(2)16-5-4-10-18(16)15-8-6-14(7-9-15)11-13(3)17/h6-9,12-13,16H,4-5,10-11,17H2,1-3H3. The van der Waals surface area contributed by atoms with E-state index in [0.717, 1.165) is 12.3 Å². The molecule has 1 aliphatic rings. The van der Waals surface area contributed by atoms with E-state index in [0.29, 0.717) is 6.04 Å². The Morgan fingerprint density at radius 2 is 1.89 bits per heavy atom. The van der Waals surface area contributed by atoms with E-state index < -0.39 is 0 Å². The fourth-order valence-corrected chi connectivity index (χ4v) is 3.00. The van der Waals surface area contributed by atoms with Crippen molar-refractivity contribution in [3.63, 3.8) is 0 Å². The van der Waals surface area contributed by atoms with Crippen LogP contribution in [0.2, 0.25) is 0 Å². The molecule has 2 nitrogen and oxygen atoms in total. The number of nitrogens with two attached hydrogens (primary N) is 1. The molecular weight excluding hydrogens is 220 g/mol. The van der Waals surface area contributed by atoms with Crippen LogP contribution >= 0.6 is 0 Å². The van der Waals surface area contributed by atoms with Crippen molar-refractivity contribution in [2.75, 3.05) is 11.4 Å². The Bertz CT molecular complexity index is 367. The second kappa shape index (κ2) is 5.75. The summed E-state index contributed by atoms with van der Waals surface area (Å²) in [6.07, 6.45) is 3.62. The Labute approximate surface area is 111 Å². The van der Waals surface area contributed by atoms with Gasteiger partial charge in [-0.25, -0.2) is 0 Å². The molecule has 1 aromatic carbocycles. The predicted octanol–water partition coefficient (Wildman–Crippen LogP) is 3.20. The van der Waals surface area contributed by atoms with E-state index in [1.807, 2.05) is 0 Å². The average molecular weight is 246 g/mol. The van der Waals surface area contributed by atoms with Gasteiger partial charge in [-0.1, -0.05) is 26.0 Å². The lowest BCUT2D eigenvalue weighted by molar-refractivity contribution is 0.492. The molecule has 1 aliphatic heterocycles. The van der Waals surface area contributed by atoms with Crippen LogP contribution in [0.25, 0.3) is 0 Å². The normalized spacial score (nSPS) is 21.6. The highest BCUT2D eigenvalue weighted by molar-refractivity contribution is 5.49. The first kappa shape index (κ1) is 13.4. The first-order valence-corrected chi connectivity index (χ1v) is 7.19. The van der Waals surface area contributed by atoms with Crippen molar-refractivity contribution in [1.82, 2.24) is 0 Å². The highest BCUT2D eigenvalue weighted by atomic mass is 15.2. The quantitative estimate of drug-likeness (QED) is 0.884. The van der Waals surface area contributed by atoms with Gasteiger partial charge in [-0.2, -0.15) is 0 Å². The van der Waals surface area contributed by atoms with Gasteiger partial charge in [0.2, 0.25) is 0 Å². The SMILES string of the molecule is CC(N)Cc1ccc(N2CCCC2C(C)C)cc1. The van der Waals surface area contributed by atoms with Gasteiger partial charge in [-0.3, -0.25) is 0 Å². The van der Waals surface area contributed by atoms with Crippen LogP contribution in [0.4, 0.5) is 5.69 Å². The minimum atomic E-state index is 0.242. The Morgan fingerprint density at radius 3 is 2.44 bits per heavy atom. The van der Waals surface area contributed by atoms with Gasteiger partial charge in [-0.15, -0.1) is 0 Å². The van der Waals surface area contributed by atoms with Gasteiger partial charge >= 0.3 is 0 Å². The fourth-order valence-electron chi connectivity index (χ4n) is 3.00. The summed E-state index contributed by atoms with van der Waals surface area (Å²) >= 11 is 0. The maximum Gasteiger partial charge on any atom is 0.0368 e. The van der Waals surface area contributed by atoms with Crippen molar-refractivity contribution in [2.45, 2.75) is 52.1 Å². The molecule has 1 saturated heterocycles.